The molecule has 0 spiro atoms. The Morgan fingerprint density at radius 1 is 1.43 bits per heavy atom. The van der Waals surface area contributed by atoms with Crippen molar-refractivity contribution in [1.82, 2.24) is 5.32 Å². The third kappa shape index (κ3) is 8.38. The SMILES string of the molecule is CC(CCCO)NC(=O)CSC(C)C. The molecule has 1 unspecified atom stereocenters. The minimum absolute atomic E-state index is 0.0918. The Bertz CT molecular complexity index is 162. The highest BCUT2D eigenvalue weighted by molar-refractivity contribution is 8.00. The van der Waals surface area contributed by atoms with Gasteiger partial charge in [-0.1, -0.05) is 13.8 Å². The molecule has 4 heteroatoms. The van der Waals surface area contributed by atoms with Crippen LogP contribution in [-0.4, -0.2) is 34.7 Å². The fraction of sp³-hybridized carbons (Fsp3) is 0.900. The number of thioether (sulfide) groups is 1. The standard InChI is InChI=1S/C10H21NO2S/c1-8(2)14-7-10(13)11-9(3)5-4-6-12/h8-9,12H,4-7H2,1-3H3,(H,11,13). The molecule has 2 N–H and O–H groups in total. The van der Waals surface area contributed by atoms with Crippen LogP contribution >= 0.6 is 11.8 Å². The quantitative estimate of drug-likeness (QED) is 0.680. The Morgan fingerprint density at radius 2 is 2.07 bits per heavy atom. The molecule has 84 valence electrons. The summed E-state index contributed by atoms with van der Waals surface area (Å²) in [5.41, 5.74) is 0. The summed E-state index contributed by atoms with van der Waals surface area (Å²) >= 11 is 1.64. The van der Waals surface area contributed by atoms with Gasteiger partial charge in [0.25, 0.3) is 0 Å². The van der Waals surface area contributed by atoms with Crippen LogP contribution in [0.1, 0.15) is 33.6 Å². The molecule has 0 heterocycles. The molecule has 0 aromatic rings. The monoisotopic (exact) mass is 219 g/mol. The molecule has 3 nitrogen and oxygen atoms in total. The van der Waals surface area contributed by atoms with E-state index in [4.69, 9.17) is 5.11 Å². The summed E-state index contributed by atoms with van der Waals surface area (Å²) in [7, 11) is 0. The number of rotatable bonds is 7. The maximum Gasteiger partial charge on any atom is 0.230 e. The van der Waals surface area contributed by atoms with Crippen LogP contribution < -0.4 is 5.32 Å². The van der Waals surface area contributed by atoms with Gasteiger partial charge >= 0.3 is 0 Å². The molecular weight excluding hydrogens is 198 g/mol. The van der Waals surface area contributed by atoms with E-state index >= 15 is 0 Å². The Labute approximate surface area is 90.7 Å². The van der Waals surface area contributed by atoms with Crippen molar-refractivity contribution >= 4 is 17.7 Å². The van der Waals surface area contributed by atoms with Crippen molar-refractivity contribution in [3.05, 3.63) is 0 Å². The zero-order chi connectivity index (χ0) is 11.0. The zero-order valence-electron chi connectivity index (χ0n) is 9.25. The van der Waals surface area contributed by atoms with E-state index in [0.717, 1.165) is 12.8 Å². The summed E-state index contributed by atoms with van der Waals surface area (Å²) in [6, 6.07) is 0.169. The minimum atomic E-state index is 0.0918. The van der Waals surface area contributed by atoms with Crippen LogP contribution in [0.15, 0.2) is 0 Å². The molecule has 14 heavy (non-hydrogen) atoms. The van der Waals surface area contributed by atoms with Gasteiger partial charge in [-0.25, -0.2) is 0 Å². The summed E-state index contributed by atoms with van der Waals surface area (Å²) in [5, 5.41) is 12.0. The number of hydrogen-bond donors (Lipinski definition) is 2. The largest absolute Gasteiger partial charge is 0.396 e. The molecule has 0 aromatic heterocycles. The van der Waals surface area contributed by atoms with Crippen LogP contribution in [-0.2, 0) is 4.79 Å². The molecule has 0 aliphatic heterocycles. The number of aliphatic hydroxyl groups excluding tert-OH is 1. The number of carbonyl (C=O) groups excluding carboxylic acids is 1. The maximum absolute atomic E-state index is 11.3. The van der Waals surface area contributed by atoms with Crippen molar-refractivity contribution in [2.45, 2.75) is 44.9 Å². The Kier molecular flexibility index (Phi) is 7.99. The third-order valence-corrected chi connectivity index (χ3v) is 2.85. The molecule has 1 atom stereocenters. The van der Waals surface area contributed by atoms with Crippen molar-refractivity contribution in [3.8, 4) is 0 Å². The second-order valence-corrected chi connectivity index (χ2v) is 5.26. The highest BCUT2D eigenvalue weighted by Gasteiger charge is 2.07. The number of hydrogen-bond acceptors (Lipinski definition) is 3. The molecular formula is C10H21NO2S. The summed E-state index contributed by atoms with van der Waals surface area (Å²) in [5.74, 6) is 0.621. The normalized spacial score (nSPS) is 12.9. The van der Waals surface area contributed by atoms with Crippen LogP contribution in [0.4, 0.5) is 0 Å². The summed E-state index contributed by atoms with van der Waals surface area (Å²) in [6.45, 7) is 6.31. The molecule has 0 radical (unpaired) electrons. The Balaban J connectivity index is 3.50. The molecule has 0 saturated heterocycles. The van der Waals surface area contributed by atoms with Crippen molar-refractivity contribution < 1.29 is 9.90 Å². The van der Waals surface area contributed by atoms with E-state index in [0.29, 0.717) is 11.0 Å². The van der Waals surface area contributed by atoms with Gasteiger partial charge in [0, 0.05) is 12.6 Å². The predicted molar refractivity (Wildman–Crippen MR) is 61.5 cm³/mol. The highest BCUT2D eigenvalue weighted by atomic mass is 32.2. The van der Waals surface area contributed by atoms with Crippen LogP contribution in [0.2, 0.25) is 0 Å². The van der Waals surface area contributed by atoms with E-state index < -0.39 is 0 Å². The molecule has 0 aliphatic carbocycles. The van der Waals surface area contributed by atoms with Gasteiger partial charge in [0.05, 0.1) is 5.75 Å². The van der Waals surface area contributed by atoms with E-state index in [1.165, 1.54) is 0 Å². The average molecular weight is 219 g/mol. The molecule has 0 aromatic carbocycles. The highest BCUT2D eigenvalue weighted by Crippen LogP contribution is 2.08. The van der Waals surface area contributed by atoms with Gasteiger partial charge in [-0.05, 0) is 25.0 Å². The predicted octanol–water partition coefficient (Wildman–Crippen LogP) is 1.41. The lowest BCUT2D eigenvalue weighted by Gasteiger charge is -2.13. The van der Waals surface area contributed by atoms with E-state index in [9.17, 15) is 4.79 Å². The first-order valence-corrected chi connectivity index (χ1v) is 6.13. The van der Waals surface area contributed by atoms with Crippen LogP contribution in [0.5, 0.6) is 0 Å². The minimum Gasteiger partial charge on any atom is -0.396 e. The van der Waals surface area contributed by atoms with Crippen LogP contribution in [0, 0.1) is 0 Å². The van der Waals surface area contributed by atoms with Crippen molar-refractivity contribution in [2.75, 3.05) is 12.4 Å². The van der Waals surface area contributed by atoms with Gasteiger partial charge in [-0.15, -0.1) is 11.8 Å². The van der Waals surface area contributed by atoms with E-state index in [2.05, 4.69) is 19.2 Å². The molecule has 0 saturated carbocycles. The zero-order valence-corrected chi connectivity index (χ0v) is 10.1. The van der Waals surface area contributed by atoms with E-state index in [1.807, 2.05) is 6.92 Å². The fourth-order valence-corrected chi connectivity index (χ4v) is 1.60. The van der Waals surface area contributed by atoms with Gasteiger partial charge in [0.2, 0.25) is 5.91 Å². The third-order valence-electron chi connectivity index (χ3n) is 1.75. The first kappa shape index (κ1) is 13.8. The molecule has 0 rings (SSSR count). The number of aliphatic hydroxyl groups is 1. The number of carbonyl (C=O) groups is 1. The summed E-state index contributed by atoms with van der Waals surface area (Å²) in [6.07, 6.45) is 1.59. The Hall–Kier alpha value is -0.220. The first-order valence-electron chi connectivity index (χ1n) is 5.08. The smallest absolute Gasteiger partial charge is 0.230 e. The fourth-order valence-electron chi connectivity index (χ4n) is 1.03. The van der Waals surface area contributed by atoms with Crippen LogP contribution in [0.25, 0.3) is 0 Å². The van der Waals surface area contributed by atoms with Gasteiger partial charge in [0.1, 0.15) is 0 Å². The van der Waals surface area contributed by atoms with Crippen molar-refractivity contribution in [1.29, 1.82) is 0 Å². The number of amides is 1. The van der Waals surface area contributed by atoms with Gasteiger partial charge < -0.3 is 10.4 Å². The molecule has 0 aliphatic rings. The molecule has 1 amide bonds. The van der Waals surface area contributed by atoms with Gasteiger partial charge in [-0.3, -0.25) is 4.79 Å². The lowest BCUT2D eigenvalue weighted by Crippen LogP contribution is -2.34. The molecule has 0 bridgehead atoms. The second-order valence-electron chi connectivity index (χ2n) is 3.69. The van der Waals surface area contributed by atoms with Gasteiger partial charge in [0.15, 0.2) is 0 Å². The van der Waals surface area contributed by atoms with E-state index in [1.54, 1.807) is 11.8 Å². The summed E-state index contributed by atoms with van der Waals surface area (Å²) < 4.78 is 0. The topological polar surface area (TPSA) is 49.3 Å². The van der Waals surface area contributed by atoms with Crippen molar-refractivity contribution in [3.63, 3.8) is 0 Å². The average Bonchev–Trinajstić information content (AvgIpc) is 2.11. The lowest BCUT2D eigenvalue weighted by molar-refractivity contribution is -0.119. The summed E-state index contributed by atoms with van der Waals surface area (Å²) in [4.78, 5) is 11.3. The maximum atomic E-state index is 11.3. The van der Waals surface area contributed by atoms with Crippen LogP contribution in [0.3, 0.4) is 0 Å². The van der Waals surface area contributed by atoms with E-state index in [-0.39, 0.29) is 18.6 Å². The molecule has 0 fully saturated rings. The Morgan fingerprint density at radius 3 is 2.57 bits per heavy atom. The second kappa shape index (κ2) is 8.12. The van der Waals surface area contributed by atoms with Gasteiger partial charge in [-0.2, -0.15) is 0 Å². The number of nitrogens with one attached hydrogen (secondary N) is 1. The first-order chi connectivity index (χ1) is 6.56. The van der Waals surface area contributed by atoms with Crippen molar-refractivity contribution in [2.24, 2.45) is 0 Å². The lowest BCUT2D eigenvalue weighted by atomic mass is 10.2.